The first-order valence-electron chi connectivity index (χ1n) is 5.10. The molecule has 0 spiro atoms. The molecular formula is C13H9ClF2OS. The minimum Gasteiger partial charge on any atom is -0.506 e. The van der Waals surface area contributed by atoms with Gasteiger partial charge in [-0.15, -0.1) is 0 Å². The Balaban J connectivity index is 2.25. The first-order chi connectivity index (χ1) is 8.56. The van der Waals surface area contributed by atoms with E-state index in [0.29, 0.717) is 16.7 Å². The van der Waals surface area contributed by atoms with Crippen LogP contribution in [-0.2, 0) is 0 Å². The average molecular weight is 287 g/mol. The number of benzene rings is 2. The van der Waals surface area contributed by atoms with Crippen molar-refractivity contribution in [3.05, 3.63) is 47.5 Å². The zero-order valence-electron chi connectivity index (χ0n) is 9.11. The van der Waals surface area contributed by atoms with Gasteiger partial charge in [0.25, 0.3) is 5.76 Å². The highest BCUT2D eigenvalue weighted by molar-refractivity contribution is 7.99. The van der Waals surface area contributed by atoms with Crippen LogP contribution in [0.5, 0.6) is 5.75 Å². The Labute approximate surface area is 112 Å². The van der Waals surface area contributed by atoms with Crippen LogP contribution in [0.4, 0.5) is 8.78 Å². The second-order valence-electron chi connectivity index (χ2n) is 3.57. The standard InChI is InChI=1S/C13H9ClF2OS/c14-11-7-9(3-6-12(11)17)8-1-4-10(5-2-8)18-13(15)16/h1-7,13,17H. The van der Waals surface area contributed by atoms with Crippen LogP contribution < -0.4 is 0 Å². The summed E-state index contributed by atoms with van der Waals surface area (Å²) in [6.07, 6.45) is 0. The molecule has 0 heterocycles. The molecule has 2 rings (SSSR count). The van der Waals surface area contributed by atoms with Crippen LogP contribution >= 0.6 is 23.4 Å². The molecule has 1 nitrogen and oxygen atoms in total. The summed E-state index contributed by atoms with van der Waals surface area (Å²) in [7, 11) is 0. The zero-order valence-corrected chi connectivity index (χ0v) is 10.7. The second kappa shape index (κ2) is 5.59. The van der Waals surface area contributed by atoms with Gasteiger partial charge in [-0.2, -0.15) is 8.78 Å². The van der Waals surface area contributed by atoms with Crippen molar-refractivity contribution in [2.75, 3.05) is 0 Å². The molecular weight excluding hydrogens is 278 g/mol. The summed E-state index contributed by atoms with van der Waals surface area (Å²) >= 11 is 6.32. The molecule has 2 aromatic carbocycles. The molecule has 2 aromatic rings. The molecule has 0 unspecified atom stereocenters. The highest BCUT2D eigenvalue weighted by Crippen LogP contribution is 2.31. The van der Waals surface area contributed by atoms with Crippen LogP contribution in [0.1, 0.15) is 0 Å². The van der Waals surface area contributed by atoms with Crippen LogP contribution in [-0.4, -0.2) is 10.9 Å². The van der Waals surface area contributed by atoms with Crippen molar-refractivity contribution in [1.29, 1.82) is 0 Å². The molecule has 0 bridgehead atoms. The van der Waals surface area contributed by atoms with Gasteiger partial charge in [0.05, 0.1) is 5.02 Å². The van der Waals surface area contributed by atoms with Crippen LogP contribution in [0.3, 0.4) is 0 Å². The number of halogens is 3. The Morgan fingerprint density at radius 1 is 1.00 bits per heavy atom. The van der Waals surface area contributed by atoms with Crippen molar-refractivity contribution in [2.45, 2.75) is 10.7 Å². The molecule has 0 saturated heterocycles. The van der Waals surface area contributed by atoms with Gasteiger partial charge in [0.2, 0.25) is 0 Å². The molecule has 0 atom stereocenters. The summed E-state index contributed by atoms with van der Waals surface area (Å²) < 4.78 is 24.3. The van der Waals surface area contributed by atoms with Crippen molar-refractivity contribution >= 4 is 23.4 Å². The van der Waals surface area contributed by atoms with Crippen molar-refractivity contribution in [2.24, 2.45) is 0 Å². The van der Waals surface area contributed by atoms with Gasteiger partial charge in [0.1, 0.15) is 5.75 Å². The molecule has 18 heavy (non-hydrogen) atoms. The summed E-state index contributed by atoms with van der Waals surface area (Å²) in [5.41, 5.74) is 1.68. The molecule has 5 heteroatoms. The topological polar surface area (TPSA) is 20.2 Å². The Morgan fingerprint density at radius 3 is 2.17 bits per heavy atom. The van der Waals surface area contributed by atoms with E-state index in [1.807, 2.05) is 0 Å². The number of aromatic hydroxyl groups is 1. The maximum Gasteiger partial charge on any atom is 0.288 e. The van der Waals surface area contributed by atoms with Crippen molar-refractivity contribution in [3.8, 4) is 16.9 Å². The van der Waals surface area contributed by atoms with Crippen molar-refractivity contribution in [3.63, 3.8) is 0 Å². The first kappa shape index (κ1) is 13.2. The van der Waals surface area contributed by atoms with Crippen molar-refractivity contribution < 1.29 is 13.9 Å². The normalized spacial score (nSPS) is 10.9. The van der Waals surface area contributed by atoms with Gasteiger partial charge in [0, 0.05) is 4.90 Å². The second-order valence-corrected chi connectivity index (χ2v) is 5.04. The van der Waals surface area contributed by atoms with Gasteiger partial charge in [-0.05, 0) is 35.4 Å². The number of hydrogen-bond donors (Lipinski definition) is 1. The molecule has 0 aromatic heterocycles. The van der Waals surface area contributed by atoms with E-state index in [0.717, 1.165) is 11.1 Å². The van der Waals surface area contributed by atoms with Gasteiger partial charge in [-0.25, -0.2) is 0 Å². The highest BCUT2D eigenvalue weighted by Gasteiger charge is 2.06. The lowest BCUT2D eigenvalue weighted by atomic mass is 10.1. The van der Waals surface area contributed by atoms with Gasteiger partial charge < -0.3 is 5.11 Å². The number of hydrogen-bond acceptors (Lipinski definition) is 2. The SMILES string of the molecule is Oc1ccc(-c2ccc(SC(F)F)cc2)cc1Cl. The number of phenolic OH excluding ortho intramolecular Hbond substituents is 1. The van der Waals surface area contributed by atoms with E-state index in [1.54, 1.807) is 36.4 Å². The van der Waals surface area contributed by atoms with E-state index in [1.165, 1.54) is 6.07 Å². The van der Waals surface area contributed by atoms with Crippen LogP contribution in [0.25, 0.3) is 11.1 Å². The van der Waals surface area contributed by atoms with Crippen LogP contribution in [0, 0.1) is 0 Å². The average Bonchev–Trinajstić information content (AvgIpc) is 2.33. The number of thioether (sulfide) groups is 1. The van der Waals surface area contributed by atoms with E-state index in [9.17, 15) is 13.9 Å². The quantitative estimate of drug-likeness (QED) is 0.799. The molecule has 94 valence electrons. The Bertz CT molecular complexity index is 543. The van der Waals surface area contributed by atoms with E-state index >= 15 is 0 Å². The molecule has 0 radical (unpaired) electrons. The van der Waals surface area contributed by atoms with E-state index in [4.69, 9.17) is 11.6 Å². The minimum atomic E-state index is -2.42. The number of rotatable bonds is 3. The van der Waals surface area contributed by atoms with E-state index < -0.39 is 5.76 Å². The third-order valence-corrected chi connectivity index (χ3v) is 3.39. The predicted octanol–water partition coefficient (Wildman–Crippen LogP) is 5.03. The first-order valence-corrected chi connectivity index (χ1v) is 6.36. The molecule has 0 saturated carbocycles. The van der Waals surface area contributed by atoms with Crippen LogP contribution in [0.15, 0.2) is 47.4 Å². The van der Waals surface area contributed by atoms with Crippen LogP contribution in [0.2, 0.25) is 5.02 Å². The lowest BCUT2D eigenvalue weighted by Gasteiger charge is -2.05. The summed E-state index contributed by atoms with van der Waals surface area (Å²) in [6.45, 7) is 0. The number of alkyl halides is 2. The molecule has 0 amide bonds. The molecule has 1 N–H and O–H groups in total. The van der Waals surface area contributed by atoms with E-state index in [2.05, 4.69) is 0 Å². The Kier molecular flexibility index (Phi) is 4.09. The van der Waals surface area contributed by atoms with Gasteiger partial charge in [-0.1, -0.05) is 41.6 Å². The maximum atomic E-state index is 12.2. The number of phenols is 1. The third-order valence-electron chi connectivity index (χ3n) is 2.36. The maximum absolute atomic E-state index is 12.2. The molecule has 0 aliphatic heterocycles. The van der Waals surface area contributed by atoms with Gasteiger partial charge >= 0.3 is 0 Å². The van der Waals surface area contributed by atoms with Gasteiger partial charge in [-0.3, -0.25) is 0 Å². The summed E-state index contributed by atoms with van der Waals surface area (Å²) in [6, 6.07) is 11.6. The molecule has 0 aliphatic rings. The summed E-state index contributed by atoms with van der Waals surface area (Å²) in [5, 5.41) is 9.58. The predicted molar refractivity (Wildman–Crippen MR) is 70.4 cm³/mol. The summed E-state index contributed by atoms with van der Waals surface area (Å²) in [4.78, 5) is 0.513. The molecule has 0 fully saturated rings. The van der Waals surface area contributed by atoms with E-state index in [-0.39, 0.29) is 10.8 Å². The zero-order chi connectivity index (χ0) is 13.1. The fraction of sp³-hybridized carbons (Fsp3) is 0.0769. The lowest BCUT2D eigenvalue weighted by molar-refractivity contribution is 0.252. The molecule has 0 aliphatic carbocycles. The minimum absolute atomic E-state index is 0.0188. The smallest absolute Gasteiger partial charge is 0.288 e. The summed E-state index contributed by atoms with van der Waals surface area (Å²) in [5.74, 6) is -2.40. The largest absolute Gasteiger partial charge is 0.506 e. The van der Waals surface area contributed by atoms with Crippen molar-refractivity contribution in [1.82, 2.24) is 0 Å². The highest BCUT2D eigenvalue weighted by atomic mass is 35.5. The fourth-order valence-corrected chi connectivity index (χ4v) is 2.19. The fourth-order valence-electron chi connectivity index (χ4n) is 1.52. The van der Waals surface area contributed by atoms with Gasteiger partial charge in [0.15, 0.2) is 0 Å². The Hall–Kier alpha value is -1.26. The third kappa shape index (κ3) is 3.15. The lowest BCUT2D eigenvalue weighted by Crippen LogP contribution is -1.82. The monoisotopic (exact) mass is 286 g/mol. The Morgan fingerprint density at radius 2 is 1.61 bits per heavy atom.